The number of carboxylic acids is 1. The Hall–Kier alpha value is -2.11. The van der Waals surface area contributed by atoms with Crippen LogP contribution in [0.15, 0.2) is 31.1 Å². The van der Waals surface area contributed by atoms with Crippen LogP contribution in [0.2, 0.25) is 0 Å². The minimum absolute atomic E-state index is 0.197. The molecule has 6 nitrogen and oxygen atoms in total. The lowest BCUT2D eigenvalue weighted by atomic mass is 10.2. The third-order valence-corrected chi connectivity index (χ3v) is 2.16. The Kier molecular flexibility index (Phi) is 4.93. The number of carbonyl (C=O) groups excluding carboxylic acids is 1. The monoisotopic (exact) mass is 237 g/mol. The summed E-state index contributed by atoms with van der Waals surface area (Å²) in [5.74, 6) is -1.37. The number of aliphatic carboxylic acids is 1. The van der Waals surface area contributed by atoms with E-state index in [4.69, 9.17) is 5.11 Å². The highest BCUT2D eigenvalue weighted by atomic mass is 16.4. The molecule has 0 aliphatic heterocycles. The number of rotatable bonds is 7. The van der Waals surface area contributed by atoms with Crippen LogP contribution >= 0.6 is 0 Å². The average Bonchev–Trinajstić information content (AvgIpc) is 2.78. The summed E-state index contributed by atoms with van der Waals surface area (Å²) in [6.45, 7) is 3.88. The van der Waals surface area contributed by atoms with Crippen LogP contribution in [0, 0.1) is 0 Å². The van der Waals surface area contributed by atoms with Crippen LogP contribution in [0.25, 0.3) is 0 Å². The smallest absolute Gasteiger partial charge is 0.326 e. The van der Waals surface area contributed by atoms with Gasteiger partial charge < -0.3 is 10.4 Å². The SMILES string of the molecule is C=CCC(NC(=O)CCn1cccn1)C(=O)O. The zero-order valence-electron chi connectivity index (χ0n) is 9.37. The van der Waals surface area contributed by atoms with Gasteiger partial charge >= 0.3 is 5.97 Å². The number of carbonyl (C=O) groups is 2. The predicted molar refractivity (Wildman–Crippen MR) is 61.2 cm³/mol. The summed E-state index contributed by atoms with van der Waals surface area (Å²) >= 11 is 0. The number of amides is 1. The second-order valence-corrected chi connectivity index (χ2v) is 3.50. The summed E-state index contributed by atoms with van der Waals surface area (Å²) in [7, 11) is 0. The molecule has 1 amide bonds. The van der Waals surface area contributed by atoms with Crippen molar-refractivity contribution in [2.75, 3.05) is 0 Å². The van der Waals surface area contributed by atoms with Gasteiger partial charge in [0.1, 0.15) is 6.04 Å². The van der Waals surface area contributed by atoms with Crippen molar-refractivity contribution in [3.05, 3.63) is 31.1 Å². The lowest BCUT2D eigenvalue weighted by molar-refractivity contribution is -0.141. The second kappa shape index (κ2) is 6.47. The second-order valence-electron chi connectivity index (χ2n) is 3.50. The molecular weight excluding hydrogens is 222 g/mol. The van der Waals surface area contributed by atoms with Gasteiger partial charge in [-0.05, 0) is 12.5 Å². The first-order valence-corrected chi connectivity index (χ1v) is 5.24. The van der Waals surface area contributed by atoms with Gasteiger partial charge in [-0.1, -0.05) is 6.08 Å². The van der Waals surface area contributed by atoms with E-state index < -0.39 is 12.0 Å². The maximum Gasteiger partial charge on any atom is 0.326 e. The highest BCUT2D eigenvalue weighted by Gasteiger charge is 2.17. The van der Waals surface area contributed by atoms with Crippen molar-refractivity contribution in [1.29, 1.82) is 0 Å². The predicted octanol–water partition coefficient (Wildman–Crippen LogP) is 0.419. The van der Waals surface area contributed by atoms with Gasteiger partial charge in [0.05, 0.1) is 0 Å². The topological polar surface area (TPSA) is 84.2 Å². The Morgan fingerprint density at radius 2 is 2.35 bits per heavy atom. The van der Waals surface area contributed by atoms with Crippen LogP contribution in [-0.2, 0) is 16.1 Å². The summed E-state index contributed by atoms with van der Waals surface area (Å²) in [5.41, 5.74) is 0. The van der Waals surface area contributed by atoms with Gasteiger partial charge in [0.15, 0.2) is 0 Å². The number of aryl methyl sites for hydroxylation is 1. The minimum atomic E-state index is -1.06. The maximum absolute atomic E-state index is 11.5. The van der Waals surface area contributed by atoms with Crippen molar-refractivity contribution in [2.24, 2.45) is 0 Å². The molecule has 0 fully saturated rings. The summed E-state index contributed by atoms with van der Waals surface area (Å²) < 4.78 is 1.61. The van der Waals surface area contributed by atoms with Gasteiger partial charge in [0.25, 0.3) is 0 Å². The molecule has 1 unspecified atom stereocenters. The fourth-order valence-corrected chi connectivity index (χ4v) is 1.30. The fraction of sp³-hybridized carbons (Fsp3) is 0.364. The van der Waals surface area contributed by atoms with Gasteiger partial charge in [-0.3, -0.25) is 9.48 Å². The summed E-state index contributed by atoms with van der Waals surface area (Å²) in [5, 5.41) is 15.2. The standard InChI is InChI=1S/C11H15N3O3/c1-2-4-9(11(16)17)13-10(15)5-8-14-7-3-6-12-14/h2-3,6-7,9H,1,4-5,8H2,(H,13,15)(H,16,17). The number of hydrogen-bond donors (Lipinski definition) is 2. The lowest BCUT2D eigenvalue weighted by Crippen LogP contribution is -2.40. The first-order chi connectivity index (χ1) is 8.13. The number of hydrogen-bond acceptors (Lipinski definition) is 3. The van der Waals surface area contributed by atoms with E-state index in [1.54, 1.807) is 23.1 Å². The highest BCUT2D eigenvalue weighted by Crippen LogP contribution is 1.96. The molecule has 0 aliphatic rings. The zero-order valence-corrected chi connectivity index (χ0v) is 9.37. The lowest BCUT2D eigenvalue weighted by Gasteiger charge is -2.12. The molecule has 0 radical (unpaired) electrons. The van der Waals surface area contributed by atoms with Gasteiger partial charge in [0, 0.05) is 25.4 Å². The fourth-order valence-electron chi connectivity index (χ4n) is 1.30. The first-order valence-electron chi connectivity index (χ1n) is 5.24. The molecule has 17 heavy (non-hydrogen) atoms. The van der Waals surface area contributed by atoms with Crippen molar-refractivity contribution in [2.45, 2.75) is 25.4 Å². The molecule has 0 bridgehead atoms. The van der Waals surface area contributed by atoms with E-state index in [1.807, 2.05) is 0 Å². The third kappa shape index (κ3) is 4.50. The van der Waals surface area contributed by atoms with Crippen LogP contribution in [0.5, 0.6) is 0 Å². The van der Waals surface area contributed by atoms with Gasteiger partial charge in [0.2, 0.25) is 5.91 Å². The maximum atomic E-state index is 11.5. The molecule has 1 aromatic rings. The third-order valence-electron chi connectivity index (χ3n) is 2.16. The first kappa shape index (κ1) is 13.0. The molecule has 0 saturated carbocycles. The van der Waals surface area contributed by atoms with E-state index in [0.29, 0.717) is 6.54 Å². The molecule has 0 aliphatic carbocycles. The Labute approximate surface area is 98.9 Å². The number of aromatic nitrogens is 2. The molecular formula is C11H15N3O3. The Balaban J connectivity index is 2.37. The van der Waals surface area contributed by atoms with E-state index in [-0.39, 0.29) is 18.7 Å². The van der Waals surface area contributed by atoms with Crippen LogP contribution in [0.4, 0.5) is 0 Å². The number of carboxylic acid groups (broad SMARTS) is 1. The summed E-state index contributed by atoms with van der Waals surface area (Å²) in [6.07, 6.45) is 5.24. The van der Waals surface area contributed by atoms with Crippen molar-refractivity contribution >= 4 is 11.9 Å². The Bertz CT molecular complexity index is 387. The largest absolute Gasteiger partial charge is 0.480 e. The van der Waals surface area contributed by atoms with Gasteiger partial charge in [-0.15, -0.1) is 6.58 Å². The molecule has 1 aromatic heterocycles. The van der Waals surface area contributed by atoms with Crippen LogP contribution < -0.4 is 5.32 Å². The minimum Gasteiger partial charge on any atom is -0.480 e. The average molecular weight is 237 g/mol. The normalized spacial score (nSPS) is 11.8. The Morgan fingerprint density at radius 1 is 1.59 bits per heavy atom. The van der Waals surface area contributed by atoms with Crippen molar-refractivity contribution < 1.29 is 14.7 Å². The molecule has 0 spiro atoms. The Morgan fingerprint density at radius 3 is 2.88 bits per heavy atom. The number of nitrogens with one attached hydrogen (secondary N) is 1. The van der Waals surface area contributed by atoms with Crippen LogP contribution in [-0.4, -0.2) is 32.8 Å². The van der Waals surface area contributed by atoms with Gasteiger partial charge in [-0.25, -0.2) is 4.79 Å². The highest BCUT2D eigenvalue weighted by molar-refractivity contribution is 5.83. The van der Waals surface area contributed by atoms with E-state index in [1.165, 1.54) is 6.08 Å². The van der Waals surface area contributed by atoms with E-state index in [0.717, 1.165) is 0 Å². The van der Waals surface area contributed by atoms with E-state index in [2.05, 4.69) is 17.0 Å². The molecule has 1 atom stereocenters. The molecule has 6 heteroatoms. The van der Waals surface area contributed by atoms with E-state index >= 15 is 0 Å². The zero-order chi connectivity index (χ0) is 12.7. The molecule has 0 aromatic carbocycles. The molecule has 2 N–H and O–H groups in total. The van der Waals surface area contributed by atoms with Gasteiger partial charge in [-0.2, -0.15) is 5.10 Å². The molecule has 1 heterocycles. The quantitative estimate of drug-likeness (QED) is 0.673. The van der Waals surface area contributed by atoms with E-state index in [9.17, 15) is 9.59 Å². The summed E-state index contributed by atoms with van der Waals surface area (Å²) in [6, 6.07) is 0.855. The van der Waals surface area contributed by atoms with Crippen molar-refractivity contribution in [1.82, 2.24) is 15.1 Å². The van der Waals surface area contributed by atoms with Crippen molar-refractivity contribution in [3.63, 3.8) is 0 Å². The molecule has 1 rings (SSSR count). The molecule has 92 valence electrons. The number of nitrogens with zero attached hydrogens (tertiary/aromatic N) is 2. The summed E-state index contributed by atoms with van der Waals surface area (Å²) in [4.78, 5) is 22.3. The van der Waals surface area contributed by atoms with Crippen molar-refractivity contribution in [3.8, 4) is 0 Å². The van der Waals surface area contributed by atoms with Crippen LogP contribution in [0.3, 0.4) is 0 Å². The molecule has 0 saturated heterocycles. The van der Waals surface area contributed by atoms with Crippen LogP contribution in [0.1, 0.15) is 12.8 Å².